The van der Waals surface area contributed by atoms with E-state index in [9.17, 15) is 0 Å². The zero-order chi connectivity index (χ0) is 12.6. The lowest BCUT2D eigenvalue weighted by atomic mass is 9.54. The molecule has 6 atom stereocenters. The molecule has 1 heteroatoms. The van der Waals surface area contributed by atoms with Gasteiger partial charge in [0.15, 0.2) is 0 Å². The predicted octanol–water partition coefficient (Wildman–Crippen LogP) is 3.72. The molecule has 0 N–H and O–H groups in total. The minimum atomic E-state index is 0.465. The van der Waals surface area contributed by atoms with Crippen LogP contribution in [0.5, 0.6) is 0 Å². The molecule has 5 aliphatic rings. The molecule has 5 aliphatic carbocycles. The van der Waals surface area contributed by atoms with Crippen LogP contribution >= 0.6 is 0 Å². The van der Waals surface area contributed by atoms with E-state index in [1.165, 1.54) is 12.8 Å². The average Bonchev–Trinajstić information content (AvgIpc) is 3.04. The summed E-state index contributed by atoms with van der Waals surface area (Å²) in [6.45, 7) is 0. The van der Waals surface area contributed by atoms with E-state index in [-0.39, 0.29) is 0 Å². The van der Waals surface area contributed by atoms with Crippen molar-refractivity contribution < 1.29 is 4.74 Å². The molecule has 0 saturated heterocycles. The van der Waals surface area contributed by atoms with Crippen molar-refractivity contribution in [3.8, 4) is 0 Å². The van der Waals surface area contributed by atoms with Gasteiger partial charge in [0, 0.05) is 18.9 Å². The van der Waals surface area contributed by atoms with Crippen LogP contribution in [0.25, 0.3) is 0 Å². The standard InChI is InChI=1S/C18H20O/c1-19-18-14-8-9-15(18)17-13-7-6-12(16(14)17)10-4-2-3-5-11(10)13/h2-5,8-9,12-18H,6-7H2,1H3/t12-,13-,14-,15-,16-,17-/m0/s1. The second kappa shape index (κ2) is 3.52. The van der Waals surface area contributed by atoms with Gasteiger partial charge >= 0.3 is 0 Å². The average molecular weight is 252 g/mol. The first kappa shape index (κ1) is 10.7. The first-order valence-electron chi connectivity index (χ1n) is 7.70. The van der Waals surface area contributed by atoms with E-state index in [1.807, 2.05) is 7.11 Å². The molecule has 1 aromatic rings. The summed E-state index contributed by atoms with van der Waals surface area (Å²) in [7, 11) is 1.91. The van der Waals surface area contributed by atoms with E-state index >= 15 is 0 Å². The largest absolute Gasteiger partial charge is 0.380 e. The third kappa shape index (κ3) is 1.12. The maximum absolute atomic E-state index is 5.85. The Balaban J connectivity index is 1.68. The van der Waals surface area contributed by atoms with Gasteiger partial charge in [0.2, 0.25) is 0 Å². The van der Waals surface area contributed by atoms with Crippen LogP contribution in [0, 0.1) is 23.7 Å². The molecule has 0 aromatic heterocycles. The van der Waals surface area contributed by atoms with E-state index in [0.717, 1.165) is 23.7 Å². The Labute approximate surface area is 114 Å². The highest BCUT2D eigenvalue weighted by Crippen LogP contribution is 2.67. The number of fused-ring (bicyclic) bond motifs is 3. The fourth-order valence-electron chi connectivity index (χ4n) is 5.98. The molecule has 0 spiro atoms. The van der Waals surface area contributed by atoms with Crippen LogP contribution in [-0.2, 0) is 4.74 Å². The van der Waals surface area contributed by atoms with Gasteiger partial charge in [-0.15, -0.1) is 0 Å². The molecule has 2 saturated carbocycles. The highest BCUT2D eigenvalue weighted by molar-refractivity contribution is 5.43. The van der Waals surface area contributed by atoms with Crippen LogP contribution in [0.4, 0.5) is 0 Å². The number of methoxy groups -OCH3 is 1. The van der Waals surface area contributed by atoms with Crippen molar-refractivity contribution >= 4 is 0 Å². The van der Waals surface area contributed by atoms with Gasteiger partial charge in [-0.3, -0.25) is 0 Å². The maximum Gasteiger partial charge on any atom is 0.0702 e. The van der Waals surface area contributed by atoms with Crippen LogP contribution < -0.4 is 0 Å². The third-order valence-electron chi connectivity index (χ3n) is 6.43. The lowest BCUT2D eigenvalue weighted by Gasteiger charge is -2.50. The second-order valence-electron chi connectivity index (χ2n) is 6.81. The lowest BCUT2D eigenvalue weighted by Crippen LogP contribution is -2.40. The van der Waals surface area contributed by atoms with Gasteiger partial charge in [-0.25, -0.2) is 0 Å². The molecule has 2 fully saturated rings. The molecule has 98 valence electrons. The van der Waals surface area contributed by atoms with E-state index in [0.29, 0.717) is 17.9 Å². The number of hydrogen-bond acceptors (Lipinski definition) is 1. The van der Waals surface area contributed by atoms with Crippen molar-refractivity contribution in [2.45, 2.75) is 30.8 Å². The van der Waals surface area contributed by atoms with Gasteiger partial charge in [0.1, 0.15) is 0 Å². The summed E-state index contributed by atoms with van der Waals surface area (Å²) in [4.78, 5) is 0. The Morgan fingerprint density at radius 2 is 1.42 bits per heavy atom. The molecule has 0 unspecified atom stereocenters. The van der Waals surface area contributed by atoms with Crippen molar-refractivity contribution in [2.24, 2.45) is 23.7 Å². The lowest BCUT2D eigenvalue weighted by molar-refractivity contribution is 0.0653. The fourth-order valence-corrected chi connectivity index (χ4v) is 5.98. The normalized spacial score (nSPS) is 48.4. The van der Waals surface area contributed by atoms with Gasteiger partial charge in [-0.2, -0.15) is 0 Å². The topological polar surface area (TPSA) is 9.23 Å². The molecule has 0 aliphatic heterocycles. The van der Waals surface area contributed by atoms with Gasteiger partial charge in [-0.05, 0) is 47.6 Å². The van der Waals surface area contributed by atoms with Gasteiger partial charge in [0.25, 0.3) is 0 Å². The Morgan fingerprint density at radius 1 is 0.895 bits per heavy atom. The summed E-state index contributed by atoms with van der Waals surface area (Å²) in [5, 5.41) is 0. The monoisotopic (exact) mass is 252 g/mol. The second-order valence-corrected chi connectivity index (χ2v) is 6.81. The van der Waals surface area contributed by atoms with Crippen LogP contribution in [0.1, 0.15) is 35.8 Å². The highest BCUT2D eigenvalue weighted by Gasteiger charge is 2.61. The first-order valence-corrected chi connectivity index (χ1v) is 7.70. The van der Waals surface area contributed by atoms with Crippen LogP contribution in [-0.4, -0.2) is 13.2 Å². The summed E-state index contributed by atoms with van der Waals surface area (Å²) in [5.74, 6) is 4.66. The van der Waals surface area contributed by atoms with E-state index in [1.54, 1.807) is 11.1 Å². The van der Waals surface area contributed by atoms with Crippen molar-refractivity contribution in [2.75, 3.05) is 7.11 Å². The number of rotatable bonds is 1. The van der Waals surface area contributed by atoms with Crippen LogP contribution in [0.2, 0.25) is 0 Å². The SMILES string of the molecule is COC1[C@H]2C=C[C@H]1[C@H]1[C@H]2[C@H]2CC[C@H]1c1ccccc12. The summed E-state index contributed by atoms with van der Waals surface area (Å²) >= 11 is 0. The summed E-state index contributed by atoms with van der Waals surface area (Å²) < 4.78 is 5.85. The van der Waals surface area contributed by atoms with Crippen molar-refractivity contribution in [3.05, 3.63) is 47.5 Å². The summed E-state index contributed by atoms with van der Waals surface area (Å²) in [6.07, 6.45) is 8.19. The minimum absolute atomic E-state index is 0.465. The molecule has 0 heterocycles. The summed E-state index contributed by atoms with van der Waals surface area (Å²) in [6, 6.07) is 9.23. The Morgan fingerprint density at radius 3 is 1.89 bits per heavy atom. The zero-order valence-electron chi connectivity index (χ0n) is 11.3. The minimum Gasteiger partial charge on any atom is -0.380 e. The van der Waals surface area contributed by atoms with Crippen molar-refractivity contribution in [1.29, 1.82) is 0 Å². The van der Waals surface area contributed by atoms with Crippen LogP contribution in [0.15, 0.2) is 36.4 Å². The van der Waals surface area contributed by atoms with E-state index in [4.69, 9.17) is 4.74 Å². The number of ether oxygens (including phenoxy) is 1. The number of hydrogen-bond donors (Lipinski definition) is 0. The maximum atomic E-state index is 5.85. The molecule has 1 aromatic carbocycles. The summed E-state index contributed by atoms with van der Waals surface area (Å²) in [5.41, 5.74) is 3.33. The van der Waals surface area contributed by atoms with Gasteiger partial charge < -0.3 is 4.74 Å². The van der Waals surface area contributed by atoms with Crippen molar-refractivity contribution in [1.82, 2.24) is 0 Å². The molecular formula is C18H20O. The fraction of sp³-hybridized carbons (Fsp3) is 0.556. The van der Waals surface area contributed by atoms with Crippen LogP contribution in [0.3, 0.4) is 0 Å². The first-order chi connectivity index (χ1) is 9.40. The molecule has 4 bridgehead atoms. The Hall–Kier alpha value is -1.08. The molecular weight excluding hydrogens is 232 g/mol. The van der Waals surface area contributed by atoms with Crippen molar-refractivity contribution in [3.63, 3.8) is 0 Å². The van der Waals surface area contributed by atoms with Gasteiger partial charge in [-0.1, -0.05) is 36.4 Å². The molecule has 19 heavy (non-hydrogen) atoms. The highest BCUT2D eigenvalue weighted by atomic mass is 16.5. The van der Waals surface area contributed by atoms with E-state index in [2.05, 4.69) is 36.4 Å². The third-order valence-corrected chi connectivity index (χ3v) is 6.43. The van der Waals surface area contributed by atoms with Gasteiger partial charge in [0.05, 0.1) is 6.10 Å². The smallest absolute Gasteiger partial charge is 0.0702 e. The molecule has 6 rings (SSSR count). The quantitative estimate of drug-likeness (QED) is 0.692. The predicted molar refractivity (Wildman–Crippen MR) is 75.1 cm³/mol. The Kier molecular flexibility index (Phi) is 1.98. The molecule has 0 radical (unpaired) electrons. The number of benzene rings is 1. The van der Waals surface area contributed by atoms with E-state index < -0.39 is 0 Å². The zero-order valence-corrected chi connectivity index (χ0v) is 11.3. The molecule has 1 nitrogen and oxygen atoms in total. The molecule has 0 amide bonds. The Bertz CT molecular complexity index is 514.